The van der Waals surface area contributed by atoms with Crippen LogP contribution >= 0.6 is 0 Å². The lowest BCUT2D eigenvalue weighted by Gasteiger charge is -2.00. The zero-order chi connectivity index (χ0) is 9.68. The van der Waals surface area contributed by atoms with Crippen molar-refractivity contribution in [3.8, 4) is 0 Å². The molecular weight excluding hydrogens is 168 g/mol. The van der Waals surface area contributed by atoms with Crippen LogP contribution in [-0.4, -0.2) is 12.6 Å². The van der Waals surface area contributed by atoms with Crippen molar-refractivity contribution in [2.45, 2.75) is 6.92 Å². The third-order valence-corrected chi connectivity index (χ3v) is 1.51. The molecule has 0 aliphatic rings. The first kappa shape index (κ1) is 9.74. The number of benzene rings is 1. The van der Waals surface area contributed by atoms with Crippen molar-refractivity contribution in [2.75, 3.05) is 6.61 Å². The van der Waals surface area contributed by atoms with E-state index in [-0.39, 0.29) is 6.61 Å². The zero-order valence-corrected chi connectivity index (χ0v) is 7.45. The maximum absolute atomic E-state index is 11.1. The van der Waals surface area contributed by atoms with E-state index >= 15 is 0 Å². The molecule has 0 atom stereocenters. The summed E-state index contributed by atoms with van der Waals surface area (Å²) in [5.41, 5.74) is 1.56. The minimum Gasteiger partial charge on any atom is -0.293 e. The van der Waals surface area contributed by atoms with Crippen LogP contribution < -0.4 is 0 Å². The molecule has 0 unspecified atom stereocenters. The van der Waals surface area contributed by atoms with E-state index in [9.17, 15) is 4.79 Å². The van der Waals surface area contributed by atoms with E-state index in [1.54, 1.807) is 12.1 Å². The third-order valence-electron chi connectivity index (χ3n) is 1.51. The van der Waals surface area contributed by atoms with Gasteiger partial charge in [-0.25, -0.2) is 4.79 Å². The fourth-order valence-corrected chi connectivity index (χ4v) is 0.833. The Morgan fingerprint density at radius 1 is 1.38 bits per heavy atom. The average Bonchev–Trinajstić information content (AvgIpc) is 2.15. The summed E-state index contributed by atoms with van der Waals surface area (Å²) in [6.07, 6.45) is 0. The van der Waals surface area contributed by atoms with Crippen molar-refractivity contribution in [1.29, 1.82) is 0 Å². The zero-order valence-electron chi connectivity index (χ0n) is 7.45. The first-order chi connectivity index (χ1) is 6.24. The molecule has 1 aromatic rings. The summed E-state index contributed by atoms with van der Waals surface area (Å²) in [5, 5.41) is 0. The summed E-state index contributed by atoms with van der Waals surface area (Å²) in [4.78, 5) is 20.0. The Labute approximate surface area is 77.2 Å². The topological polar surface area (TPSA) is 35.5 Å². The Hall–Kier alpha value is -1.35. The number of hydrogen-bond donors (Lipinski definition) is 0. The molecule has 0 heterocycles. The fraction of sp³-hybridized carbons (Fsp3) is 0.200. The third kappa shape index (κ3) is 2.87. The van der Waals surface area contributed by atoms with Crippen molar-refractivity contribution in [3.05, 3.63) is 42.3 Å². The Morgan fingerprint density at radius 3 is 2.54 bits per heavy atom. The largest absolute Gasteiger partial charge is 0.373 e. The Bertz CT molecular complexity index is 277. The van der Waals surface area contributed by atoms with Gasteiger partial charge in [0.2, 0.25) is 0 Å². The maximum atomic E-state index is 11.1. The van der Waals surface area contributed by atoms with E-state index in [1.165, 1.54) is 0 Å². The van der Waals surface area contributed by atoms with Crippen molar-refractivity contribution in [3.63, 3.8) is 0 Å². The molecule has 0 N–H and O–H groups in total. The second-order valence-electron chi connectivity index (χ2n) is 2.56. The summed E-state index contributed by atoms with van der Waals surface area (Å²) < 4.78 is 0. The number of carbonyl (C=O) groups is 1. The SMILES string of the molecule is [CH2]COOC(=O)c1ccc(C)cc1. The van der Waals surface area contributed by atoms with Gasteiger partial charge in [0.1, 0.15) is 0 Å². The van der Waals surface area contributed by atoms with Crippen molar-refractivity contribution >= 4 is 5.97 Å². The lowest BCUT2D eigenvalue weighted by atomic mass is 10.2. The molecule has 0 fully saturated rings. The summed E-state index contributed by atoms with van der Waals surface area (Å²) >= 11 is 0. The highest BCUT2D eigenvalue weighted by Gasteiger charge is 2.06. The highest BCUT2D eigenvalue weighted by atomic mass is 17.2. The van der Waals surface area contributed by atoms with Gasteiger partial charge in [-0.05, 0) is 26.0 Å². The Kier molecular flexibility index (Phi) is 3.46. The molecule has 0 aliphatic heterocycles. The maximum Gasteiger partial charge on any atom is 0.373 e. The normalized spacial score (nSPS) is 9.69. The number of carbonyl (C=O) groups excluding carboxylic acids is 1. The molecule has 0 spiro atoms. The van der Waals surface area contributed by atoms with Crippen molar-refractivity contribution in [1.82, 2.24) is 0 Å². The molecule has 0 bridgehead atoms. The van der Waals surface area contributed by atoms with E-state index in [4.69, 9.17) is 0 Å². The van der Waals surface area contributed by atoms with Crippen LogP contribution in [-0.2, 0) is 9.78 Å². The van der Waals surface area contributed by atoms with E-state index < -0.39 is 5.97 Å². The van der Waals surface area contributed by atoms with Gasteiger partial charge in [0.25, 0.3) is 0 Å². The number of rotatable bonds is 3. The summed E-state index contributed by atoms with van der Waals surface area (Å²) in [5.74, 6) is -0.497. The lowest BCUT2D eigenvalue weighted by molar-refractivity contribution is -0.232. The van der Waals surface area contributed by atoms with Gasteiger partial charge in [0.15, 0.2) is 0 Å². The molecule has 1 aromatic carbocycles. The van der Waals surface area contributed by atoms with Gasteiger partial charge < -0.3 is 0 Å². The standard InChI is InChI=1S/C10H11O3/c1-3-12-13-10(11)9-6-4-8(2)5-7-9/h4-7H,1,3H2,2H3. The molecule has 0 saturated heterocycles. The quantitative estimate of drug-likeness (QED) is 0.525. The van der Waals surface area contributed by atoms with E-state index in [0.29, 0.717) is 5.56 Å². The van der Waals surface area contributed by atoms with Crippen LogP contribution in [0.15, 0.2) is 24.3 Å². The predicted octanol–water partition coefficient (Wildman–Crippen LogP) is 1.92. The van der Waals surface area contributed by atoms with E-state index in [1.807, 2.05) is 19.1 Å². The molecule has 0 amide bonds. The molecule has 0 aliphatic carbocycles. The fourth-order valence-electron chi connectivity index (χ4n) is 0.833. The molecule has 1 radical (unpaired) electrons. The average molecular weight is 179 g/mol. The smallest absolute Gasteiger partial charge is 0.293 e. The summed E-state index contributed by atoms with van der Waals surface area (Å²) in [6, 6.07) is 7.04. The monoisotopic (exact) mass is 179 g/mol. The van der Waals surface area contributed by atoms with Crippen LogP contribution in [0.1, 0.15) is 15.9 Å². The van der Waals surface area contributed by atoms with Crippen LogP contribution in [0.4, 0.5) is 0 Å². The van der Waals surface area contributed by atoms with Crippen molar-refractivity contribution < 1.29 is 14.6 Å². The molecule has 13 heavy (non-hydrogen) atoms. The van der Waals surface area contributed by atoms with Gasteiger partial charge >= 0.3 is 5.97 Å². The van der Waals surface area contributed by atoms with Crippen LogP contribution in [0, 0.1) is 13.8 Å². The molecule has 1 rings (SSSR count). The molecule has 0 aromatic heterocycles. The minimum atomic E-state index is -0.497. The Morgan fingerprint density at radius 2 is 2.00 bits per heavy atom. The van der Waals surface area contributed by atoms with E-state index in [0.717, 1.165) is 5.56 Å². The second-order valence-corrected chi connectivity index (χ2v) is 2.56. The predicted molar refractivity (Wildman–Crippen MR) is 47.9 cm³/mol. The Balaban J connectivity index is 2.61. The molecule has 3 nitrogen and oxygen atoms in total. The number of aryl methyl sites for hydroxylation is 1. The van der Waals surface area contributed by atoms with Gasteiger partial charge in [-0.2, -0.15) is 4.89 Å². The summed E-state index contributed by atoms with van der Waals surface area (Å²) in [7, 11) is 0. The highest BCUT2D eigenvalue weighted by molar-refractivity contribution is 5.88. The lowest BCUT2D eigenvalue weighted by Crippen LogP contribution is -2.05. The molecular formula is C10H11O3. The molecule has 3 heteroatoms. The number of hydrogen-bond acceptors (Lipinski definition) is 3. The molecule has 69 valence electrons. The second kappa shape index (κ2) is 4.62. The van der Waals surface area contributed by atoms with Crippen LogP contribution in [0.3, 0.4) is 0 Å². The van der Waals surface area contributed by atoms with Crippen molar-refractivity contribution in [2.24, 2.45) is 0 Å². The van der Waals surface area contributed by atoms with Gasteiger partial charge in [0.05, 0.1) is 12.2 Å². The van der Waals surface area contributed by atoms with Gasteiger partial charge in [-0.3, -0.25) is 4.89 Å². The van der Waals surface area contributed by atoms with E-state index in [2.05, 4.69) is 16.7 Å². The van der Waals surface area contributed by atoms with Gasteiger partial charge in [-0.1, -0.05) is 17.7 Å². The summed E-state index contributed by atoms with van der Waals surface area (Å²) in [6.45, 7) is 5.42. The first-order valence-electron chi connectivity index (χ1n) is 3.93. The van der Waals surface area contributed by atoms with Crippen LogP contribution in [0.25, 0.3) is 0 Å². The van der Waals surface area contributed by atoms with Crippen LogP contribution in [0.5, 0.6) is 0 Å². The first-order valence-corrected chi connectivity index (χ1v) is 3.93. The van der Waals surface area contributed by atoms with Crippen LogP contribution in [0.2, 0.25) is 0 Å². The minimum absolute atomic E-state index is 0.109. The van der Waals surface area contributed by atoms with Gasteiger partial charge in [0, 0.05) is 0 Å². The molecule has 0 saturated carbocycles. The van der Waals surface area contributed by atoms with Gasteiger partial charge in [-0.15, -0.1) is 0 Å². The highest BCUT2D eigenvalue weighted by Crippen LogP contribution is 2.04.